The first-order chi connectivity index (χ1) is 7.84. The van der Waals surface area contributed by atoms with E-state index in [9.17, 15) is 4.79 Å². The molecule has 0 spiro atoms. The number of halogens is 1. The zero-order valence-electron chi connectivity index (χ0n) is 10.2. The highest BCUT2D eigenvalue weighted by Gasteiger charge is 2.19. The van der Waals surface area contributed by atoms with E-state index in [-0.39, 0.29) is 18.3 Å². The van der Waals surface area contributed by atoms with Crippen molar-refractivity contribution in [3.8, 4) is 0 Å². The fraction of sp³-hybridized carbons (Fsp3) is 0.917. The van der Waals surface area contributed by atoms with Crippen LogP contribution in [0.25, 0.3) is 0 Å². The molecule has 0 bridgehead atoms. The monoisotopic (exact) mass is 262 g/mol. The summed E-state index contributed by atoms with van der Waals surface area (Å²) in [4.78, 5) is 11.7. The Balaban J connectivity index is 0.00000144. The largest absolute Gasteiger partial charge is 0.381 e. The zero-order valence-corrected chi connectivity index (χ0v) is 11.1. The van der Waals surface area contributed by atoms with E-state index in [0.29, 0.717) is 18.4 Å². The predicted octanol–water partition coefficient (Wildman–Crippen LogP) is 1.09. The molecule has 100 valence electrons. The van der Waals surface area contributed by atoms with Crippen molar-refractivity contribution in [3.63, 3.8) is 0 Å². The molecule has 2 aliphatic rings. The number of amides is 1. The number of carbonyl (C=O) groups is 1. The van der Waals surface area contributed by atoms with E-state index in [4.69, 9.17) is 4.74 Å². The van der Waals surface area contributed by atoms with Gasteiger partial charge in [0.15, 0.2) is 0 Å². The van der Waals surface area contributed by atoms with Crippen molar-refractivity contribution in [1.29, 1.82) is 0 Å². The molecule has 0 radical (unpaired) electrons. The van der Waals surface area contributed by atoms with E-state index < -0.39 is 0 Å². The van der Waals surface area contributed by atoms with E-state index in [1.54, 1.807) is 0 Å². The number of carbonyl (C=O) groups excluding carboxylic acids is 1. The van der Waals surface area contributed by atoms with Gasteiger partial charge in [0, 0.05) is 32.2 Å². The highest BCUT2D eigenvalue weighted by atomic mass is 35.5. The van der Waals surface area contributed by atoms with Gasteiger partial charge in [0.25, 0.3) is 0 Å². The van der Waals surface area contributed by atoms with Gasteiger partial charge >= 0.3 is 0 Å². The quantitative estimate of drug-likeness (QED) is 0.798. The highest BCUT2D eigenvalue weighted by molar-refractivity contribution is 5.85. The van der Waals surface area contributed by atoms with Crippen LogP contribution in [0.5, 0.6) is 0 Å². The third-order valence-corrected chi connectivity index (χ3v) is 3.52. The van der Waals surface area contributed by atoms with Gasteiger partial charge in [-0.2, -0.15) is 0 Å². The van der Waals surface area contributed by atoms with Crippen molar-refractivity contribution in [3.05, 3.63) is 0 Å². The normalized spacial score (nSPS) is 25.3. The Hall–Kier alpha value is -0.320. The van der Waals surface area contributed by atoms with Crippen LogP contribution in [0.15, 0.2) is 0 Å². The molecule has 1 atom stereocenters. The Morgan fingerprint density at radius 1 is 1.29 bits per heavy atom. The number of nitrogens with one attached hydrogen (secondary N) is 2. The van der Waals surface area contributed by atoms with Crippen LogP contribution in [-0.4, -0.2) is 38.3 Å². The second-order valence-electron chi connectivity index (χ2n) is 4.86. The number of hydrogen-bond donors (Lipinski definition) is 2. The molecule has 0 aromatic heterocycles. The molecule has 17 heavy (non-hydrogen) atoms. The molecule has 2 heterocycles. The van der Waals surface area contributed by atoms with Crippen LogP contribution < -0.4 is 10.6 Å². The minimum atomic E-state index is 0. The molecule has 0 aliphatic carbocycles. The Bertz CT molecular complexity index is 227. The predicted molar refractivity (Wildman–Crippen MR) is 69.4 cm³/mol. The molecule has 1 unspecified atom stereocenters. The van der Waals surface area contributed by atoms with Crippen molar-refractivity contribution in [2.75, 3.05) is 26.3 Å². The second-order valence-corrected chi connectivity index (χ2v) is 4.86. The summed E-state index contributed by atoms with van der Waals surface area (Å²) in [5, 5.41) is 6.41. The van der Waals surface area contributed by atoms with Crippen molar-refractivity contribution >= 4 is 18.3 Å². The summed E-state index contributed by atoms with van der Waals surface area (Å²) in [5.41, 5.74) is 0. The lowest BCUT2D eigenvalue weighted by Crippen LogP contribution is -2.38. The van der Waals surface area contributed by atoms with Crippen molar-refractivity contribution in [2.45, 2.75) is 38.1 Å². The first-order valence-corrected chi connectivity index (χ1v) is 6.42. The standard InChI is InChI=1S/C12H22N2O2.ClH/c15-12(8-10-3-6-16-7-4-10)14-9-11-2-1-5-13-11;/h10-11,13H,1-9H2,(H,14,15);1H. The van der Waals surface area contributed by atoms with E-state index in [1.165, 1.54) is 12.8 Å². The molecule has 1 amide bonds. The molecule has 0 aromatic carbocycles. The Kier molecular flexibility index (Phi) is 6.85. The summed E-state index contributed by atoms with van der Waals surface area (Å²) < 4.78 is 5.28. The zero-order chi connectivity index (χ0) is 11.2. The molecule has 0 saturated carbocycles. The Morgan fingerprint density at radius 3 is 2.71 bits per heavy atom. The number of ether oxygens (including phenoxy) is 1. The van der Waals surface area contributed by atoms with Gasteiger partial charge in [-0.3, -0.25) is 4.79 Å². The number of rotatable bonds is 4. The van der Waals surface area contributed by atoms with Crippen molar-refractivity contribution in [1.82, 2.24) is 10.6 Å². The van der Waals surface area contributed by atoms with Gasteiger partial charge in [-0.15, -0.1) is 12.4 Å². The molecule has 2 aliphatic heterocycles. The van der Waals surface area contributed by atoms with Crippen molar-refractivity contribution in [2.24, 2.45) is 5.92 Å². The van der Waals surface area contributed by atoms with Gasteiger partial charge in [-0.25, -0.2) is 0 Å². The van der Waals surface area contributed by atoms with Crippen LogP contribution in [0.4, 0.5) is 0 Å². The van der Waals surface area contributed by atoms with Gasteiger partial charge in [0.05, 0.1) is 0 Å². The summed E-state index contributed by atoms with van der Waals surface area (Å²) in [6, 6.07) is 0.499. The van der Waals surface area contributed by atoms with Crippen LogP contribution in [0.1, 0.15) is 32.1 Å². The van der Waals surface area contributed by atoms with Crippen LogP contribution >= 0.6 is 12.4 Å². The molecule has 2 saturated heterocycles. The summed E-state index contributed by atoms with van der Waals surface area (Å²) in [7, 11) is 0. The van der Waals surface area contributed by atoms with E-state index in [1.807, 2.05) is 0 Å². The van der Waals surface area contributed by atoms with E-state index in [2.05, 4.69) is 10.6 Å². The SMILES string of the molecule is Cl.O=C(CC1CCOCC1)NCC1CCCN1. The molecule has 2 N–H and O–H groups in total. The minimum Gasteiger partial charge on any atom is -0.381 e. The Morgan fingerprint density at radius 2 is 2.06 bits per heavy atom. The maximum Gasteiger partial charge on any atom is 0.220 e. The lowest BCUT2D eigenvalue weighted by Gasteiger charge is -2.21. The molecule has 5 heteroatoms. The molecular formula is C12H23ClN2O2. The van der Waals surface area contributed by atoms with Gasteiger partial charge < -0.3 is 15.4 Å². The topological polar surface area (TPSA) is 50.4 Å². The van der Waals surface area contributed by atoms with Crippen LogP contribution in [0, 0.1) is 5.92 Å². The lowest BCUT2D eigenvalue weighted by molar-refractivity contribution is -0.122. The van der Waals surface area contributed by atoms with E-state index >= 15 is 0 Å². The molecule has 2 fully saturated rings. The smallest absolute Gasteiger partial charge is 0.220 e. The minimum absolute atomic E-state index is 0. The summed E-state index contributed by atoms with van der Waals surface area (Å²) in [5.74, 6) is 0.742. The summed E-state index contributed by atoms with van der Waals surface area (Å²) in [6.45, 7) is 3.53. The summed E-state index contributed by atoms with van der Waals surface area (Å²) >= 11 is 0. The maximum atomic E-state index is 11.7. The average molecular weight is 263 g/mol. The van der Waals surface area contributed by atoms with Gasteiger partial charge in [0.1, 0.15) is 0 Å². The van der Waals surface area contributed by atoms with Gasteiger partial charge in [0.2, 0.25) is 5.91 Å². The molecule has 0 aromatic rings. The third kappa shape index (κ3) is 5.23. The summed E-state index contributed by atoms with van der Waals surface area (Å²) in [6.07, 6.45) is 5.18. The van der Waals surface area contributed by atoms with E-state index in [0.717, 1.165) is 39.1 Å². The third-order valence-electron chi connectivity index (χ3n) is 3.52. The first kappa shape index (κ1) is 14.7. The molecule has 4 nitrogen and oxygen atoms in total. The molecule has 2 rings (SSSR count). The van der Waals surface area contributed by atoms with Crippen LogP contribution in [0.3, 0.4) is 0 Å². The first-order valence-electron chi connectivity index (χ1n) is 6.42. The lowest BCUT2D eigenvalue weighted by atomic mass is 9.96. The Labute approximate surface area is 109 Å². The second kappa shape index (κ2) is 7.90. The number of hydrogen-bond acceptors (Lipinski definition) is 3. The highest BCUT2D eigenvalue weighted by Crippen LogP contribution is 2.18. The van der Waals surface area contributed by atoms with Crippen molar-refractivity contribution < 1.29 is 9.53 Å². The van der Waals surface area contributed by atoms with Gasteiger partial charge in [-0.1, -0.05) is 0 Å². The average Bonchev–Trinajstić information content (AvgIpc) is 2.81. The molecular weight excluding hydrogens is 240 g/mol. The van der Waals surface area contributed by atoms with Gasteiger partial charge in [-0.05, 0) is 38.1 Å². The fourth-order valence-corrected chi connectivity index (χ4v) is 2.45. The van der Waals surface area contributed by atoms with Crippen LogP contribution in [-0.2, 0) is 9.53 Å². The fourth-order valence-electron chi connectivity index (χ4n) is 2.45. The maximum absolute atomic E-state index is 11.7. The van der Waals surface area contributed by atoms with Crippen LogP contribution in [0.2, 0.25) is 0 Å².